The van der Waals surface area contributed by atoms with E-state index in [1.807, 2.05) is 48.5 Å². The zero-order valence-electron chi connectivity index (χ0n) is 15.5. The van der Waals surface area contributed by atoms with Crippen molar-refractivity contribution >= 4 is 27.8 Å². The van der Waals surface area contributed by atoms with Crippen LogP contribution in [0.3, 0.4) is 0 Å². The number of benzene rings is 3. The molecule has 140 valence electrons. The number of hydrogen-bond acceptors (Lipinski definition) is 4. The summed E-state index contributed by atoms with van der Waals surface area (Å²) in [5.74, 6) is -0.272. The topological polar surface area (TPSA) is 48.4 Å². The highest BCUT2D eigenvalue weighted by Crippen LogP contribution is 2.38. The summed E-state index contributed by atoms with van der Waals surface area (Å²) in [6.45, 7) is 1.97. The van der Waals surface area contributed by atoms with E-state index >= 15 is 0 Å². The number of carbonyl (C=O) groups is 1. The van der Waals surface area contributed by atoms with Crippen molar-refractivity contribution in [1.82, 2.24) is 4.98 Å². The van der Waals surface area contributed by atoms with Gasteiger partial charge in [-0.15, -0.1) is 0 Å². The third-order valence-corrected chi connectivity index (χ3v) is 4.66. The lowest BCUT2D eigenvalue weighted by atomic mass is 9.93. The van der Waals surface area contributed by atoms with Gasteiger partial charge in [0.2, 0.25) is 0 Å². The summed E-state index contributed by atoms with van der Waals surface area (Å²) in [6.07, 6.45) is 0. The molecule has 0 radical (unpaired) electrons. The monoisotopic (exact) mass is 375 g/mol. The SMILES string of the molecule is CCOC(=O)c1ccc(F)c2nc3ccccc3c(-c3ccc(OC)cc3)c12. The van der Waals surface area contributed by atoms with E-state index in [1.54, 1.807) is 14.0 Å². The molecule has 0 saturated heterocycles. The Morgan fingerprint density at radius 1 is 1.04 bits per heavy atom. The lowest BCUT2D eigenvalue weighted by Crippen LogP contribution is -2.07. The molecule has 0 saturated carbocycles. The fourth-order valence-electron chi connectivity index (χ4n) is 3.40. The highest BCUT2D eigenvalue weighted by molar-refractivity contribution is 6.16. The third kappa shape index (κ3) is 2.95. The van der Waals surface area contributed by atoms with Gasteiger partial charge in [0.15, 0.2) is 0 Å². The van der Waals surface area contributed by atoms with Crippen LogP contribution >= 0.6 is 0 Å². The second-order valence-electron chi connectivity index (χ2n) is 6.27. The van der Waals surface area contributed by atoms with Crippen LogP contribution in [-0.2, 0) is 4.74 Å². The Morgan fingerprint density at radius 2 is 1.79 bits per heavy atom. The number of aromatic nitrogens is 1. The number of para-hydroxylation sites is 1. The number of halogens is 1. The van der Waals surface area contributed by atoms with Gasteiger partial charge in [0, 0.05) is 16.3 Å². The van der Waals surface area contributed by atoms with Crippen molar-refractivity contribution in [3.8, 4) is 16.9 Å². The summed E-state index contributed by atoms with van der Waals surface area (Å²) in [6, 6.07) is 17.7. The van der Waals surface area contributed by atoms with E-state index in [9.17, 15) is 9.18 Å². The first-order chi connectivity index (χ1) is 13.6. The molecule has 0 aliphatic rings. The Hall–Kier alpha value is -3.47. The van der Waals surface area contributed by atoms with Crippen molar-refractivity contribution in [2.75, 3.05) is 13.7 Å². The van der Waals surface area contributed by atoms with Crippen LogP contribution in [0.25, 0.3) is 32.9 Å². The minimum Gasteiger partial charge on any atom is -0.497 e. The molecule has 0 amide bonds. The smallest absolute Gasteiger partial charge is 0.338 e. The number of fused-ring (bicyclic) bond motifs is 2. The van der Waals surface area contributed by atoms with Gasteiger partial charge in [0.05, 0.1) is 24.8 Å². The molecule has 0 N–H and O–H groups in total. The Balaban J connectivity index is 2.16. The molecule has 0 atom stereocenters. The molecule has 4 aromatic rings. The summed E-state index contributed by atoms with van der Waals surface area (Å²) in [5.41, 5.74) is 2.67. The molecule has 4 rings (SSSR count). The molecule has 5 heteroatoms. The van der Waals surface area contributed by atoms with Crippen LogP contribution < -0.4 is 4.74 Å². The zero-order chi connectivity index (χ0) is 19.7. The van der Waals surface area contributed by atoms with E-state index in [0.717, 1.165) is 16.5 Å². The maximum absolute atomic E-state index is 14.7. The molecule has 0 fully saturated rings. The summed E-state index contributed by atoms with van der Waals surface area (Å²) in [5, 5.41) is 1.28. The fourth-order valence-corrected chi connectivity index (χ4v) is 3.40. The number of methoxy groups -OCH3 is 1. The Labute approximate surface area is 161 Å². The number of esters is 1. The normalized spacial score (nSPS) is 11.0. The van der Waals surface area contributed by atoms with Gasteiger partial charge in [-0.3, -0.25) is 0 Å². The van der Waals surface area contributed by atoms with Gasteiger partial charge >= 0.3 is 5.97 Å². The quantitative estimate of drug-likeness (QED) is 0.355. The second-order valence-corrected chi connectivity index (χ2v) is 6.27. The van der Waals surface area contributed by atoms with Gasteiger partial charge < -0.3 is 9.47 Å². The van der Waals surface area contributed by atoms with Crippen LogP contribution in [0.4, 0.5) is 4.39 Å². The molecule has 0 unspecified atom stereocenters. The molecule has 1 heterocycles. The number of rotatable bonds is 4. The number of nitrogens with zero attached hydrogens (tertiary/aromatic N) is 1. The number of pyridine rings is 1. The molecule has 0 spiro atoms. The van der Waals surface area contributed by atoms with Gasteiger partial charge in [0.25, 0.3) is 0 Å². The zero-order valence-corrected chi connectivity index (χ0v) is 15.5. The van der Waals surface area contributed by atoms with Gasteiger partial charge in [-0.1, -0.05) is 30.3 Å². The number of ether oxygens (including phenoxy) is 2. The maximum atomic E-state index is 14.7. The van der Waals surface area contributed by atoms with E-state index in [1.165, 1.54) is 12.1 Å². The van der Waals surface area contributed by atoms with Gasteiger partial charge in [-0.25, -0.2) is 14.2 Å². The first-order valence-corrected chi connectivity index (χ1v) is 8.96. The second kappa shape index (κ2) is 7.27. The first kappa shape index (κ1) is 17.9. The lowest BCUT2D eigenvalue weighted by molar-refractivity contribution is 0.0528. The molecular formula is C23H18FNO3. The highest BCUT2D eigenvalue weighted by atomic mass is 19.1. The molecule has 4 nitrogen and oxygen atoms in total. The minimum atomic E-state index is -0.501. The molecule has 3 aromatic carbocycles. The standard InChI is InChI=1S/C23H18FNO3/c1-3-28-23(26)17-12-13-18(24)22-21(17)20(14-8-10-15(27-2)11-9-14)16-6-4-5-7-19(16)25-22/h4-13H,3H2,1-2H3. The van der Waals surface area contributed by atoms with Gasteiger partial charge in [-0.2, -0.15) is 0 Å². The minimum absolute atomic E-state index is 0.148. The summed E-state index contributed by atoms with van der Waals surface area (Å²) in [4.78, 5) is 17.1. The van der Waals surface area contributed by atoms with E-state index in [4.69, 9.17) is 9.47 Å². The van der Waals surface area contributed by atoms with E-state index in [2.05, 4.69) is 4.98 Å². The molecule has 0 aliphatic heterocycles. The molecular weight excluding hydrogens is 357 g/mol. The largest absolute Gasteiger partial charge is 0.497 e. The van der Waals surface area contributed by atoms with Gasteiger partial charge in [0.1, 0.15) is 17.1 Å². The van der Waals surface area contributed by atoms with Crippen molar-refractivity contribution in [2.24, 2.45) is 0 Å². The summed E-state index contributed by atoms with van der Waals surface area (Å²) < 4.78 is 25.2. The third-order valence-electron chi connectivity index (χ3n) is 4.66. The Morgan fingerprint density at radius 3 is 2.50 bits per heavy atom. The molecule has 0 aliphatic carbocycles. The van der Waals surface area contributed by atoms with Crippen molar-refractivity contribution in [1.29, 1.82) is 0 Å². The number of hydrogen-bond donors (Lipinski definition) is 0. The summed E-state index contributed by atoms with van der Waals surface area (Å²) in [7, 11) is 1.60. The van der Waals surface area contributed by atoms with E-state index in [-0.39, 0.29) is 12.1 Å². The van der Waals surface area contributed by atoms with Crippen LogP contribution in [0.5, 0.6) is 5.75 Å². The lowest BCUT2D eigenvalue weighted by Gasteiger charge is -2.15. The number of carbonyl (C=O) groups excluding carboxylic acids is 1. The molecule has 28 heavy (non-hydrogen) atoms. The van der Waals surface area contributed by atoms with Crippen molar-refractivity contribution < 1.29 is 18.7 Å². The maximum Gasteiger partial charge on any atom is 0.338 e. The Bertz CT molecular complexity index is 1190. The predicted molar refractivity (Wildman–Crippen MR) is 107 cm³/mol. The van der Waals surface area contributed by atoms with Crippen LogP contribution in [-0.4, -0.2) is 24.7 Å². The predicted octanol–water partition coefficient (Wildman–Crippen LogP) is 5.38. The van der Waals surface area contributed by atoms with Crippen molar-refractivity contribution in [3.63, 3.8) is 0 Å². The van der Waals surface area contributed by atoms with Gasteiger partial charge in [-0.05, 0) is 42.8 Å². The van der Waals surface area contributed by atoms with E-state index in [0.29, 0.717) is 22.2 Å². The van der Waals surface area contributed by atoms with Crippen molar-refractivity contribution in [3.05, 3.63) is 72.0 Å². The molecule has 0 bridgehead atoms. The fraction of sp³-hybridized carbons (Fsp3) is 0.130. The summed E-state index contributed by atoms with van der Waals surface area (Å²) >= 11 is 0. The van der Waals surface area contributed by atoms with Crippen LogP contribution in [0.2, 0.25) is 0 Å². The van der Waals surface area contributed by atoms with Crippen molar-refractivity contribution in [2.45, 2.75) is 6.92 Å². The average molecular weight is 375 g/mol. The van der Waals surface area contributed by atoms with Crippen LogP contribution in [0.1, 0.15) is 17.3 Å². The first-order valence-electron chi connectivity index (χ1n) is 8.96. The van der Waals surface area contributed by atoms with Crippen LogP contribution in [0.15, 0.2) is 60.7 Å². The van der Waals surface area contributed by atoms with Crippen LogP contribution in [0, 0.1) is 5.82 Å². The average Bonchev–Trinajstić information content (AvgIpc) is 2.73. The van der Waals surface area contributed by atoms with E-state index < -0.39 is 11.8 Å². The highest BCUT2D eigenvalue weighted by Gasteiger charge is 2.21. The Kier molecular flexibility index (Phi) is 4.65. The molecule has 1 aromatic heterocycles.